The topological polar surface area (TPSA) is 250 Å². The highest BCUT2D eigenvalue weighted by Gasteiger charge is 2.48. The van der Waals surface area contributed by atoms with Crippen LogP contribution in [0.1, 0.15) is 13.2 Å². The van der Waals surface area contributed by atoms with Crippen molar-refractivity contribution in [3.8, 4) is 0 Å². The van der Waals surface area contributed by atoms with Gasteiger partial charge in [0.1, 0.15) is 17.5 Å². The van der Waals surface area contributed by atoms with E-state index in [9.17, 15) is 37.8 Å². The minimum absolute atomic E-state index is 0.203. The van der Waals surface area contributed by atoms with E-state index in [1.165, 1.54) is 6.92 Å². The van der Waals surface area contributed by atoms with Crippen LogP contribution >= 0.6 is 23.5 Å². The SMILES string of the molecule is C=C(C)[C@](COP(=O)(O)OP(=O)(O)OP(=O)(O)O)(OC)[C@@H](O)[C@@H](F)n1ccc(N)nc1=O. The van der Waals surface area contributed by atoms with Crippen LogP contribution in [0.25, 0.3) is 0 Å². The molecule has 7 N–H and O–H groups in total. The Hall–Kier alpha value is -1.32. The van der Waals surface area contributed by atoms with Gasteiger partial charge in [0.25, 0.3) is 0 Å². The number of aromatic nitrogens is 2. The average molecular weight is 527 g/mol. The minimum atomic E-state index is -5.82. The first-order chi connectivity index (χ1) is 14.4. The highest BCUT2D eigenvalue weighted by molar-refractivity contribution is 7.66. The van der Waals surface area contributed by atoms with Crippen molar-refractivity contribution in [2.45, 2.75) is 24.9 Å². The summed E-state index contributed by atoms with van der Waals surface area (Å²) in [4.78, 5) is 50.9. The second-order valence-electron chi connectivity index (χ2n) is 6.10. The molecule has 184 valence electrons. The molecule has 0 saturated heterocycles. The van der Waals surface area contributed by atoms with Crippen molar-refractivity contribution >= 4 is 29.3 Å². The van der Waals surface area contributed by atoms with Gasteiger partial charge < -0.3 is 35.2 Å². The van der Waals surface area contributed by atoms with E-state index in [1.54, 1.807) is 0 Å². The number of aliphatic hydroxyl groups is 1. The largest absolute Gasteiger partial charge is 0.490 e. The van der Waals surface area contributed by atoms with Gasteiger partial charge in [-0.05, 0) is 18.6 Å². The van der Waals surface area contributed by atoms with E-state index in [0.717, 1.165) is 19.4 Å². The quantitative estimate of drug-likeness (QED) is 0.154. The number of alkyl halides is 1. The van der Waals surface area contributed by atoms with Crippen molar-refractivity contribution in [1.82, 2.24) is 9.55 Å². The number of hydrogen-bond acceptors (Lipinski definition) is 11. The van der Waals surface area contributed by atoms with Crippen LogP contribution in [0.4, 0.5) is 10.2 Å². The maximum absolute atomic E-state index is 14.9. The fourth-order valence-corrected chi connectivity index (χ4v) is 5.33. The van der Waals surface area contributed by atoms with E-state index in [4.69, 9.17) is 20.3 Å². The number of nitrogen functional groups attached to an aromatic ring is 1. The number of ether oxygens (including phenoxy) is 1. The second-order valence-corrected chi connectivity index (χ2v) is 10.5. The molecule has 0 spiro atoms. The summed E-state index contributed by atoms with van der Waals surface area (Å²) in [5, 5.41) is 10.5. The van der Waals surface area contributed by atoms with Gasteiger partial charge in [-0.3, -0.25) is 9.09 Å². The predicted octanol–water partition coefficient (Wildman–Crippen LogP) is -0.0409. The number of nitrogens with zero attached hydrogens (tertiary/aromatic N) is 2. The summed E-state index contributed by atoms with van der Waals surface area (Å²) in [6.45, 7) is 3.38. The van der Waals surface area contributed by atoms with Crippen molar-refractivity contribution in [3.63, 3.8) is 0 Å². The molecule has 0 saturated carbocycles. The zero-order chi connectivity index (χ0) is 25.1. The molecular formula is C12H21FN3O13P3. The van der Waals surface area contributed by atoms with Gasteiger partial charge in [0, 0.05) is 13.3 Å². The third-order valence-corrected chi connectivity index (χ3v) is 7.58. The zero-order valence-corrected chi connectivity index (χ0v) is 19.1. The van der Waals surface area contributed by atoms with E-state index < -0.39 is 53.8 Å². The van der Waals surface area contributed by atoms with Crippen molar-refractivity contribution < 1.29 is 60.6 Å². The molecule has 0 radical (unpaired) electrons. The van der Waals surface area contributed by atoms with Crippen molar-refractivity contribution in [2.75, 3.05) is 19.5 Å². The Morgan fingerprint density at radius 1 is 1.28 bits per heavy atom. The monoisotopic (exact) mass is 527 g/mol. The minimum Gasteiger partial charge on any atom is -0.385 e. The molecule has 20 heteroatoms. The van der Waals surface area contributed by atoms with E-state index in [2.05, 4.69) is 24.7 Å². The van der Waals surface area contributed by atoms with Crippen LogP contribution in [0.15, 0.2) is 29.2 Å². The molecule has 0 aliphatic rings. The molecule has 1 aromatic rings. The molecule has 32 heavy (non-hydrogen) atoms. The molecule has 1 aromatic heterocycles. The standard InChI is InChI=1S/C12H21FN3O13P3/c1-7(2)12(26-3,9(17)10(13)16-5-4-8(14)15-11(16)18)6-27-31(22,23)29-32(24,25)28-30(19,20)21/h4-5,9-10,17H,1,6H2,2-3H3,(H,22,23)(H,24,25)(H2,14,15,18)(H2,19,20,21)/t9-,10-,12-/m0/s1. The van der Waals surface area contributed by atoms with Crippen LogP contribution < -0.4 is 11.4 Å². The molecule has 0 aliphatic heterocycles. The number of methoxy groups -OCH3 is 1. The lowest BCUT2D eigenvalue weighted by Gasteiger charge is -2.38. The summed E-state index contributed by atoms with van der Waals surface area (Å²) in [7, 11) is -16.2. The van der Waals surface area contributed by atoms with E-state index in [0.29, 0.717) is 4.57 Å². The first-order valence-corrected chi connectivity index (χ1v) is 12.5. The van der Waals surface area contributed by atoms with Gasteiger partial charge in [-0.25, -0.2) is 22.9 Å². The number of rotatable bonds is 12. The first kappa shape index (κ1) is 28.7. The lowest BCUT2D eigenvalue weighted by Crippen LogP contribution is -2.53. The molecule has 1 heterocycles. The summed E-state index contributed by atoms with van der Waals surface area (Å²) in [5.74, 6) is -0.237. The maximum Gasteiger partial charge on any atom is 0.490 e. The number of aliphatic hydroxyl groups excluding tert-OH is 1. The molecule has 5 atom stereocenters. The maximum atomic E-state index is 14.9. The third-order valence-electron chi connectivity index (χ3n) is 3.80. The lowest BCUT2D eigenvalue weighted by molar-refractivity contribution is -0.141. The highest BCUT2D eigenvalue weighted by atomic mass is 31.3. The average Bonchev–Trinajstić information content (AvgIpc) is 2.58. The van der Waals surface area contributed by atoms with Crippen LogP contribution in [-0.4, -0.2) is 59.7 Å². The molecule has 0 fully saturated rings. The molecule has 0 amide bonds. The molecule has 1 rings (SSSR count). The smallest absolute Gasteiger partial charge is 0.385 e. The Balaban J connectivity index is 3.18. The van der Waals surface area contributed by atoms with Gasteiger partial charge in [-0.2, -0.15) is 13.6 Å². The Labute approximate surface area is 179 Å². The lowest BCUT2D eigenvalue weighted by atomic mass is 9.89. The number of nitrogens with two attached hydrogens (primary N) is 1. The summed E-state index contributed by atoms with van der Waals surface area (Å²) in [5.41, 5.74) is 1.55. The van der Waals surface area contributed by atoms with Crippen LogP contribution in [0.5, 0.6) is 0 Å². The molecule has 0 aromatic carbocycles. The summed E-state index contributed by atoms with van der Waals surface area (Å²) >= 11 is 0. The van der Waals surface area contributed by atoms with Gasteiger partial charge in [-0.15, -0.1) is 0 Å². The second kappa shape index (κ2) is 10.3. The Morgan fingerprint density at radius 2 is 1.84 bits per heavy atom. The number of phosphoric ester groups is 1. The zero-order valence-electron chi connectivity index (χ0n) is 16.4. The molecule has 16 nitrogen and oxygen atoms in total. The number of hydrogen-bond donors (Lipinski definition) is 6. The first-order valence-electron chi connectivity index (χ1n) is 8.02. The molecule has 0 bridgehead atoms. The van der Waals surface area contributed by atoms with Crippen LogP contribution in [0.3, 0.4) is 0 Å². The van der Waals surface area contributed by atoms with Gasteiger partial charge in [0.15, 0.2) is 0 Å². The van der Waals surface area contributed by atoms with Crippen molar-refractivity contribution in [2.24, 2.45) is 0 Å². The van der Waals surface area contributed by atoms with Gasteiger partial charge in [-0.1, -0.05) is 6.58 Å². The van der Waals surface area contributed by atoms with Crippen molar-refractivity contribution in [3.05, 3.63) is 34.9 Å². The summed E-state index contributed by atoms with van der Waals surface area (Å²) in [6, 6.07) is 1.04. The highest BCUT2D eigenvalue weighted by Crippen LogP contribution is 2.66. The van der Waals surface area contributed by atoms with Crippen LogP contribution in [0, 0.1) is 0 Å². The van der Waals surface area contributed by atoms with Gasteiger partial charge in [0.05, 0.1) is 6.61 Å². The molecule has 0 aliphatic carbocycles. The van der Waals surface area contributed by atoms with Crippen LogP contribution in [0.2, 0.25) is 0 Å². The number of halogens is 1. The Morgan fingerprint density at radius 3 is 2.28 bits per heavy atom. The molecular weight excluding hydrogens is 506 g/mol. The summed E-state index contributed by atoms with van der Waals surface area (Å²) in [6.07, 6.45) is -4.07. The van der Waals surface area contributed by atoms with Crippen molar-refractivity contribution in [1.29, 1.82) is 0 Å². The number of anilines is 1. The Kier molecular flexibility index (Phi) is 9.24. The summed E-state index contributed by atoms with van der Waals surface area (Å²) < 4.78 is 65.9. The van der Waals surface area contributed by atoms with E-state index in [1.807, 2.05) is 0 Å². The normalized spacial score (nSPS) is 19.9. The van der Waals surface area contributed by atoms with Gasteiger partial charge >= 0.3 is 29.2 Å². The van der Waals surface area contributed by atoms with Crippen LogP contribution in [-0.2, 0) is 31.6 Å². The Bertz CT molecular complexity index is 1040. The number of phosphoric acid groups is 3. The van der Waals surface area contributed by atoms with E-state index >= 15 is 0 Å². The van der Waals surface area contributed by atoms with Gasteiger partial charge in [0.2, 0.25) is 6.30 Å². The molecule has 2 unspecified atom stereocenters. The fourth-order valence-electron chi connectivity index (χ4n) is 2.28. The third kappa shape index (κ3) is 7.63. The van der Waals surface area contributed by atoms with E-state index in [-0.39, 0.29) is 11.4 Å². The predicted molar refractivity (Wildman–Crippen MR) is 103 cm³/mol. The fraction of sp³-hybridized carbons (Fsp3) is 0.500.